The minimum Gasteiger partial charge on any atom is -0.476 e. The Balaban J connectivity index is 1.70. The first-order valence-electron chi connectivity index (χ1n) is 9.75. The van der Waals surface area contributed by atoms with Crippen molar-refractivity contribution in [2.24, 2.45) is 5.92 Å². The summed E-state index contributed by atoms with van der Waals surface area (Å²) in [5.74, 6) is -2.77. The third kappa shape index (κ3) is 3.78. The lowest BCUT2D eigenvalue weighted by molar-refractivity contribution is -0.220. The van der Waals surface area contributed by atoms with Crippen LogP contribution in [0.15, 0.2) is 6.33 Å². The van der Waals surface area contributed by atoms with Gasteiger partial charge in [0, 0.05) is 0 Å². The predicted molar refractivity (Wildman–Crippen MR) is 104 cm³/mol. The summed E-state index contributed by atoms with van der Waals surface area (Å²) in [7, 11) is -4.19. The van der Waals surface area contributed by atoms with Crippen molar-refractivity contribution < 1.29 is 36.4 Å². The Kier molecular flexibility index (Phi) is 5.46. The van der Waals surface area contributed by atoms with Crippen LogP contribution in [-0.2, 0) is 22.9 Å². The van der Waals surface area contributed by atoms with E-state index in [0.29, 0.717) is 0 Å². The highest BCUT2D eigenvalue weighted by Crippen LogP contribution is 2.63. The number of nitrogen functional groups attached to an aromatic ring is 1. The fourth-order valence-corrected chi connectivity index (χ4v) is 5.12. The molecule has 0 bridgehead atoms. The number of alkyl halides is 2. The van der Waals surface area contributed by atoms with Gasteiger partial charge in [0.05, 0.1) is 19.5 Å². The number of aromatic nitrogens is 4. The molecule has 0 saturated carbocycles. The highest BCUT2D eigenvalue weighted by molar-refractivity contribution is 7.48. The smallest absolute Gasteiger partial charge is 0.475 e. The molecule has 2 fully saturated rings. The van der Waals surface area contributed by atoms with Crippen molar-refractivity contribution >= 4 is 24.9 Å². The van der Waals surface area contributed by atoms with Gasteiger partial charge in [-0.2, -0.15) is 9.97 Å². The van der Waals surface area contributed by atoms with E-state index in [1.165, 1.54) is 10.9 Å². The summed E-state index contributed by atoms with van der Waals surface area (Å²) in [6.07, 6.45) is -2.27. The summed E-state index contributed by atoms with van der Waals surface area (Å²) in [5.41, 5.74) is 3.50. The zero-order chi connectivity index (χ0) is 22.6. The summed E-state index contributed by atoms with van der Waals surface area (Å²) in [6, 6.07) is 0. The molecule has 0 amide bonds. The number of hydrogen-bond acceptors (Lipinski definition) is 10. The van der Waals surface area contributed by atoms with Gasteiger partial charge < -0.3 is 15.2 Å². The molecule has 2 aliphatic rings. The van der Waals surface area contributed by atoms with Crippen LogP contribution in [-0.4, -0.2) is 57.0 Å². The fourth-order valence-electron chi connectivity index (χ4n) is 3.48. The maximum atomic E-state index is 16.0. The Hall–Kier alpha value is -1.92. The van der Waals surface area contributed by atoms with E-state index in [-0.39, 0.29) is 42.1 Å². The van der Waals surface area contributed by atoms with Crippen LogP contribution in [0.3, 0.4) is 0 Å². The van der Waals surface area contributed by atoms with Crippen molar-refractivity contribution in [3.05, 3.63) is 6.33 Å². The van der Waals surface area contributed by atoms with Gasteiger partial charge in [-0.1, -0.05) is 13.8 Å². The van der Waals surface area contributed by atoms with Crippen molar-refractivity contribution in [3.8, 4) is 5.88 Å². The van der Waals surface area contributed by atoms with Crippen LogP contribution < -0.4 is 10.5 Å². The topological polar surface area (TPSA) is 133 Å². The highest BCUT2D eigenvalue weighted by Gasteiger charge is 2.70. The van der Waals surface area contributed by atoms with Crippen molar-refractivity contribution in [2.45, 2.75) is 51.6 Å². The van der Waals surface area contributed by atoms with Crippen molar-refractivity contribution in [2.75, 3.05) is 25.6 Å². The fraction of sp³-hybridized carbons (Fsp3) is 0.706. The molecule has 0 aliphatic carbocycles. The normalized spacial score (nSPS) is 35.6. The van der Waals surface area contributed by atoms with Crippen molar-refractivity contribution in [1.29, 1.82) is 0 Å². The van der Waals surface area contributed by atoms with Crippen LogP contribution >= 0.6 is 7.82 Å². The van der Waals surface area contributed by atoms with Crippen molar-refractivity contribution in [1.82, 2.24) is 19.5 Å². The molecule has 14 heteroatoms. The Morgan fingerprint density at radius 1 is 1.42 bits per heavy atom. The first-order chi connectivity index (χ1) is 14.5. The summed E-state index contributed by atoms with van der Waals surface area (Å²) in [5, 5.41) is 0. The van der Waals surface area contributed by atoms with Crippen LogP contribution in [0.5, 0.6) is 5.88 Å². The average molecular weight is 463 g/mol. The molecule has 2 aromatic heterocycles. The Bertz CT molecular complexity index is 1040. The second-order valence-electron chi connectivity index (χ2n) is 7.95. The van der Waals surface area contributed by atoms with Gasteiger partial charge in [-0.15, -0.1) is 0 Å². The molecule has 0 aromatic carbocycles. The number of hydrogen-bond donors (Lipinski definition) is 1. The van der Waals surface area contributed by atoms with E-state index >= 15 is 8.78 Å². The largest absolute Gasteiger partial charge is 0.476 e. The van der Waals surface area contributed by atoms with Crippen molar-refractivity contribution in [3.63, 3.8) is 0 Å². The SMILES string of the molecule is CCOc1nc(N)nc2c1ncn2[C@@H]1O[C@]2(F)COP(=O)(OCC(C)C)OC2[C@@]1(C)F. The summed E-state index contributed by atoms with van der Waals surface area (Å²) < 4.78 is 71.6. The number of nitrogens with two attached hydrogens (primary N) is 1. The molecule has 2 aromatic rings. The van der Waals surface area contributed by atoms with E-state index < -0.39 is 38.3 Å². The van der Waals surface area contributed by atoms with Gasteiger partial charge in [-0.3, -0.25) is 18.1 Å². The molecule has 4 heterocycles. The van der Waals surface area contributed by atoms with E-state index in [1.54, 1.807) is 6.92 Å². The molecule has 31 heavy (non-hydrogen) atoms. The van der Waals surface area contributed by atoms with Crippen LogP contribution in [0.1, 0.15) is 33.9 Å². The Morgan fingerprint density at radius 3 is 2.84 bits per heavy atom. The number of phosphoric ester groups is 1. The molecule has 172 valence electrons. The molecule has 2 aliphatic heterocycles. The minimum atomic E-state index is -4.19. The van der Waals surface area contributed by atoms with Gasteiger partial charge in [0.15, 0.2) is 29.2 Å². The third-order valence-corrected chi connectivity index (χ3v) is 6.23. The monoisotopic (exact) mass is 463 g/mol. The molecule has 2 N–H and O–H groups in total. The number of fused-ring (bicyclic) bond motifs is 2. The molecular formula is C17H24F2N5O6P. The van der Waals surface area contributed by atoms with Gasteiger partial charge in [0.25, 0.3) is 5.85 Å². The van der Waals surface area contributed by atoms with E-state index in [0.717, 1.165) is 6.92 Å². The first-order valence-corrected chi connectivity index (χ1v) is 11.2. The summed E-state index contributed by atoms with van der Waals surface area (Å²) in [4.78, 5) is 12.2. The Morgan fingerprint density at radius 2 is 2.16 bits per heavy atom. The number of phosphoric acid groups is 1. The molecule has 11 nitrogen and oxygen atoms in total. The van der Waals surface area contributed by atoms with E-state index in [2.05, 4.69) is 15.0 Å². The molecule has 2 unspecified atom stereocenters. The second kappa shape index (κ2) is 7.59. The molecule has 2 saturated heterocycles. The molecule has 5 atom stereocenters. The van der Waals surface area contributed by atoms with E-state index in [4.69, 9.17) is 28.8 Å². The number of rotatable bonds is 6. The molecular weight excluding hydrogens is 439 g/mol. The standard InChI is InChI=1S/C17H24F2N5O6P/c1-5-26-12-10-11(22-15(20)23-12)24(8-21-10)14-16(4,18)13-17(19,29-14)7-28-31(25,30-13)27-6-9(2)3/h8-9,13-14H,5-7H2,1-4H3,(H2,20,22,23)/t13?,14-,16-,17-,31?/m1/s1. The van der Waals surface area contributed by atoms with Gasteiger partial charge in [0.1, 0.15) is 6.61 Å². The van der Waals surface area contributed by atoms with Gasteiger partial charge in [0.2, 0.25) is 11.8 Å². The maximum Gasteiger partial charge on any atom is 0.475 e. The predicted octanol–water partition coefficient (Wildman–Crippen LogP) is 2.93. The Labute approximate surface area is 176 Å². The lowest BCUT2D eigenvalue weighted by atomic mass is 9.97. The van der Waals surface area contributed by atoms with Crippen LogP contribution in [0, 0.1) is 5.92 Å². The minimum absolute atomic E-state index is 0.00131. The van der Waals surface area contributed by atoms with Gasteiger partial charge in [-0.25, -0.2) is 18.3 Å². The zero-order valence-corrected chi connectivity index (χ0v) is 18.3. The number of nitrogens with zero attached hydrogens (tertiary/aromatic N) is 4. The lowest BCUT2D eigenvalue weighted by Gasteiger charge is -2.36. The second-order valence-corrected chi connectivity index (χ2v) is 9.57. The van der Waals surface area contributed by atoms with Crippen LogP contribution in [0.25, 0.3) is 11.2 Å². The number of halogens is 2. The summed E-state index contributed by atoms with van der Waals surface area (Å²) in [6.45, 7) is 5.92. The van der Waals surface area contributed by atoms with Crippen LogP contribution in [0.2, 0.25) is 0 Å². The zero-order valence-electron chi connectivity index (χ0n) is 17.4. The summed E-state index contributed by atoms with van der Waals surface area (Å²) >= 11 is 0. The van der Waals surface area contributed by atoms with Gasteiger partial charge >= 0.3 is 7.82 Å². The van der Waals surface area contributed by atoms with Crippen LogP contribution in [0.4, 0.5) is 14.7 Å². The first kappa shape index (κ1) is 22.3. The number of anilines is 1. The lowest BCUT2D eigenvalue weighted by Crippen LogP contribution is -2.51. The van der Waals surface area contributed by atoms with E-state index in [9.17, 15) is 4.57 Å². The number of imidazole rings is 1. The molecule has 0 radical (unpaired) electrons. The van der Waals surface area contributed by atoms with Gasteiger partial charge in [-0.05, 0) is 19.8 Å². The molecule has 0 spiro atoms. The van der Waals surface area contributed by atoms with E-state index in [1.807, 2.05) is 13.8 Å². The quantitative estimate of drug-likeness (QED) is 0.638. The maximum absolute atomic E-state index is 16.0. The number of ether oxygens (including phenoxy) is 2. The average Bonchev–Trinajstić information content (AvgIpc) is 3.18. The molecule has 4 rings (SSSR count). The highest BCUT2D eigenvalue weighted by atomic mass is 31.2. The third-order valence-electron chi connectivity index (χ3n) is 4.86.